The third kappa shape index (κ3) is 3.02. The van der Waals surface area contributed by atoms with Gasteiger partial charge in [-0.3, -0.25) is 0 Å². The zero-order valence-electron chi connectivity index (χ0n) is 14.4. The van der Waals surface area contributed by atoms with Crippen molar-refractivity contribution in [3.63, 3.8) is 0 Å². The number of hydrogen-bond donors (Lipinski definition) is 2. The van der Waals surface area contributed by atoms with Gasteiger partial charge in [-0.2, -0.15) is 0 Å². The lowest BCUT2D eigenvalue weighted by molar-refractivity contribution is 0.0927. The minimum atomic E-state index is -0.506. The molecule has 2 N–H and O–H groups in total. The Bertz CT molecular complexity index is 752. The van der Waals surface area contributed by atoms with Crippen molar-refractivity contribution in [2.45, 2.75) is 31.8 Å². The second kappa shape index (κ2) is 6.19. The fraction of sp³-hybridized carbons (Fsp3) is 0.381. The van der Waals surface area contributed by atoms with Crippen LogP contribution in [0.25, 0.3) is 11.1 Å². The van der Waals surface area contributed by atoms with Crippen molar-refractivity contribution < 1.29 is 14.6 Å². The van der Waals surface area contributed by atoms with Crippen LogP contribution < -0.4 is 5.32 Å². The molecule has 1 fully saturated rings. The van der Waals surface area contributed by atoms with Crippen molar-refractivity contribution in [1.82, 2.24) is 5.32 Å². The number of carbonyl (C=O) groups is 1. The molecule has 2 aromatic rings. The molecule has 0 heterocycles. The molecule has 0 bridgehead atoms. The van der Waals surface area contributed by atoms with Gasteiger partial charge >= 0.3 is 6.09 Å². The topological polar surface area (TPSA) is 58.6 Å². The molecule has 2 aromatic carbocycles. The first-order valence-electron chi connectivity index (χ1n) is 8.85. The summed E-state index contributed by atoms with van der Waals surface area (Å²) in [6.45, 7) is 2.58. The largest absolute Gasteiger partial charge is 0.449 e. The normalized spacial score (nSPS) is 18.2. The maximum absolute atomic E-state index is 12.0. The van der Waals surface area contributed by atoms with Crippen LogP contribution in [0.15, 0.2) is 48.5 Å². The quantitative estimate of drug-likeness (QED) is 0.875. The Morgan fingerprint density at radius 2 is 1.72 bits per heavy atom. The van der Waals surface area contributed by atoms with Gasteiger partial charge in [0.2, 0.25) is 0 Å². The van der Waals surface area contributed by atoms with Crippen molar-refractivity contribution in [3.8, 4) is 11.1 Å². The standard InChI is InChI=1S/C21H23NO3/c1-21(10-11-21)19(23)12-22-20(24)25-13-18-16-8-4-2-6-14(16)15-7-3-5-9-17(15)18/h2-9,18-19,23H,10-13H2,1H3,(H,22,24). The average molecular weight is 337 g/mol. The van der Waals surface area contributed by atoms with Crippen LogP contribution in [0.4, 0.5) is 4.79 Å². The molecule has 0 saturated heterocycles. The van der Waals surface area contributed by atoms with Gasteiger partial charge in [0, 0.05) is 12.5 Å². The number of rotatable bonds is 5. The average Bonchev–Trinajstić information content (AvgIpc) is 3.31. The van der Waals surface area contributed by atoms with E-state index >= 15 is 0 Å². The van der Waals surface area contributed by atoms with Crippen LogP contribution in [-0.4, -0.2) is 30.5 Å². The lowest BCUT2D eigenvalue weighted by atomic mass is 9.98. The summed E-state index contributed by atoms with van der Waals surface area (Å²) < 4.78 is 5.46. The molecule has 1 atom stereocenters. The molecule has 4 heteroatoms. The van der Waals surface area contributed by atoms with E-state index in [1.807, 2.05) is 31.2 Å². The molecule has 2 aliphatic carbocycles. The Kier molecular flexibility index (Phi) is 4.00. The lowest BCUT2D eigenvalue weighted by Gasteiger charge is -2.19. The number of aliphatic hydroxyl groups is 1. The van der Waals surface area contributed by atoms with Crippen molar-refractivity contribution in [1.29, 1.82) is 0 Å². The molecule has 4 nitrogen and oxygen atoms in total. The van der Waals surface area contributed by atoms with E-state index in [9.17, 15) is 9.90 Å². The Morgan fingerprint density at radius 1 is 1.16 bits per heavy atom. The highest BCUT2D eigenvalue weighted by molar-refractivity contribution is 5.79. The fourth-order valence-electron chi connectivity index (χ4n) is 3.61. The number of alkyl carbamates (subject to hydrolysis) is 1. The van der Waals surface area contributed by atoms with Crippen molar-refractivity contribution in [3.05, 3.63) is 59.7 Å². The summed E-state index contributed by atoms with van der Waals surface area (Å²) >= 11 is 0. The van der Waals surface area contributed by atoms with Crippen LogP contribution in [-0.2, 0) is 4.74 Å². The van der Waals surface area contributed by atoms with Gasteiger partial charge in [-0.15, -0.1) is 0 Å². The molecular weight excluding hydrogens is 314 g/mol. The van der Waals surface area contributed by atoms with Crippen LogP contribution in [0, 0.1) is 5.41 Å². The zero-order valence-corrected chi connectivity index (χ0v) is 14.4. The summed E-state index contributed by atoms with van der Waals surface area (Å²) in [6, 6.07) is 16.5. The van der Waals surface area contributed by atoms with Crippen molar-refractivity contribution in [2.24, 2.45) is 5.41 Å². The molecule has 2 aliphatic rings. The van der Waals surface area contributed by atoms with Crippen molar-refractivity contribution >= 4 is 6.09 Å². The Morgan fingerprint density at radius 3 is 2.28 bits per heavy atom. The van der Waals surface area contributed by atoms with Gasteiger partial charge in [-0.25, -0.2) is 4.79 Å². The van der Waals surface area contributed by atoms with E-state index < -0.39 is 12.2 Å². The molecule has 0 aliphatic heterocycles. The predicted octanol–water partition coefficient (Wildman–Crippen LogP) is 3.69. The molecule has 1 amide bonds. The highest BCUT2D eigenvalue weighted by Gasteiger charge is 2.44. The van der Waals surface area contributed by atoms with Gasteiger partial charge in [0.15, 0.2) is 0 Å². The third-order valence-corrected chi connectivity index (χ3v) is 5.63. The number of fused-ring (bicyclic) bond motifs is 3. The van der Waals surface area contributed by atoms with Gasteiger partial charge in [0.05, 0.1) is 6.10 Å². The maximum Gasteiger partial charge on any atom is 0.407 e. The zero-order chi connectivity index (χ0) is 17.4. The molecule has 4 rings (SSSR count). The number of hydrogen-bond acceptors (Lipinski definition) is 3. The number of benzene rings is 2. The molecular formula is C21H23NO3. The number of aliphatic hydroxyl groups excluding tert-OH is 1. The molecule has 1 unspecified atom stereocenters. The van der Waals surface area contributed by atoms with E-state index in [0.717, 1.165) is 12.8 Å². The predicted molar refractivity (Wildman–Crippen MR) is 96.4 cm³/mol. The lowest BCUT2D eigenvalue weighted by Crippen LogP contribution is -2.37. The minimum absolute atomic E-state index is 0.0311. The maximum atomic E-state index is 12.0. The third-order valence-electron chi connectivity index (χ3n) is 5.63. The van der Waals surface area contributed by atoms with Crippen molar-refractivity contribution in [2.75, 3.05) is 13.2 Å². The minimum Gasteiger partial charge on any atom is -0.449 e. The van der Waals surface area contributed by atoms with Crippen LogP contribution in [0.1, 0.15) is 36.8 Å². The fourth-order valence-corrected chi connectivity index (χ4v) is 3.61. The SMILES string of the molecule is CC1(C(O)CNC(=O)OCC2c3ccccc3-c3ccccc32)CC1. The highest BCUT2D eigenvalue weighted by atomic mass is 16.5. The molecule has 0 spiro atoms. The second-order valence-corrected chi connectivity index (χ2v) is 7.38. The van der Waals surface area contributed by atoms with Gasteiger partial charge in [0.25, 0.3) is 0 Å². The molecule has 0 radical (unpaired) electrons. The monoisotopic (exact) mass is 337 g/mol. The van der Waals surface area contributed by atoms with Crippen LogP contribution in [0.5, 0.6) is 0 Å². The van der Waals surface area contributed by atoms with Crippen LogP contribution in [0.2, 0.25) is 0 Å². The van der Waals surface area contributed by atoms with Crippen LogP contribution in [0.3, 0.4) is 0 Å². The van der Waals surface area contributed by atoms with E-state index in [0.29, 0.717) is 6.61 Å². The summed E-state index contributed by atoms with van der Waals surface area (Å²) in [5.74, 6) is 0.0593. The smallest absolute Gasteiger partial charge is 0.407 e. The van der Waals surface area contributed by atoms with E-state index in [1.54, 1.807) is 0 Å². The Balaban J connectivity index is 1.40. The summed E-state index contributed by atoms with van der Waals surface area (Å²) in [5.41, 5.74) is 4.79. The highest BCUT2D eigenvalue weighted by Crippen LogP contribution is 2.48. The molecule has 1 saturated carbocycles. The number of ether oxygens (including phenoxy) is 1. The number of amides is 1. The Labute approximate surface area is 147 Å². The molecule has 25 heavy (non-hydrogen) atoms. The van der Waals surface area contributed by atoms with Gasteiger partial charge in [0.1, 0.15) is 6.61 Å². The summed E-state index contributed by atoms with van der Waals surface area (Å²) in [7, 11) is 0. The first-order chi connectivity index (χ1) is 12.1. The van der Waals surface area contributed by atoms with Crippen LogP contribution >= 0.6 is 0 Å². The van der Waals surface area contributed by atoms with E-state index in [4.69, 9.17) is 4.74 Å². The molecule has 0 aromatic heterocycles. The summed E-state index contributed by atoms with van der Waals surface area (Å²) in [6.07, 6.45) is 1.05. The van der Waals surface area contributed by atoms with Gasteiger partial charge in [-0.1, -0.05) is 55.5 Å². The summed E-state index contributed by atoms with van der Waals surface area (Å²) in [4.78, 5) is 12.0. The van der Waals surface area contributed by atoms with E-state index in [1.165, 1.54) is 22.3 Å². The number of carbonyl (C=O) groups excluding carboxylic acids is 1. The first kappa shape index (κ1) is 16.2. The van der Waals surface area contributed by atoms with Gasteiger partial charge in [-0.05, 0) is 40.5 Å². The van der Waals surface area contributed by atoms with E-state index in [-0.39, 0.29) is 17.9 Å². The second-order valence-electron chi connectivity index (χ2n) is 7.38. The Hall–Kier alpha value is -2.33. The van der Waals surface area contributed by atoms with E-state index in [2.05, 4.69) is 29.6 Å². The molecule has 130 valence electrons. The summed E-state index contributed by atoms with van der Waals surface area (Å²) in [5, 5.41) is 12.8. The first-order valence-corrected chi connectivity index (χ1v) is 8.85. The number of nitrogens with one attached hydrogen (secondary N) is 1. The van der Waals surface area contributed by atoms with Gasteiger partial charge < -0.3 is 15.2 Å².